The Hall–Kier alpha value is -2.83. The largest absolute Gasteiger partial charge is 0.490 e. The molecule has 1 aromatic heterocycles. The van der Waals surface area contributed by atoms with Crippen molar-refractivity contribution in [1.29, 1.82) is 5.26 Å². The van der Waals surface area contributed by atoms with Gasteiger partial charge in [-0.3, -0.25) is 5.43 Å². The van der Waals surface area contributed by atoms with E-state index in [0.717, 1.165) is 22.4 Å². The summed E-state index contributed by atoms with van der Waals surface area (Å²) in [5.74, 6) is 1.47. The zero-order valence-corrected chi connectivity index (χ0v) is 22.5. The first kappa shape index (κ1) is 26.8. The lowest BCUT2D eigenvalue weighted by Crippen LogP contribution is -2.04. The van der Waals surface area contributed by atoms with E-state index in [1.807, 2.05) is 38.1 Å². The average molecular weight is 578 g/mol. The third-order valence-corrected chi connectivity index (χ3v) is 6.05. The van der Waals surface area contributed by atoms with Gasteiger partial charge in [0.2, 0.25) is 0 Å². The second-order valence-electron chi connectivity index (χ2n) is 7.36. The van der Waals surface area contributed by atoms with Crippen LogP contribution in [0.4, 0.5) is 5.82 Å². The number of halogens is 3. The van der Waals surface area contributed by atoms with Gasteiger partial charge >= 0.3 is 0 Å². The summed E-state index contributed by atoms with van der Waals surface area (Å²) in [5.41, 5.74) is 6.36. The molecule has 7 nitrogen and oxygen atoms in total. The standard InChI is InChI=1S/C25H23BrCl2N4O3/c1-4-34-23-10-17(8-20(26)24(23)35-13-16-5-6-21(27)22(28)9-16)12-30-32-25-19(11-29)18(14-33-3)7-15(2)31-25/h5-10,12H,4,13-14H2,1-3H3,(H,31,32)/b30-12+. The summed E-state index contributed by atoms with van der Waals surface area (Å²) < 4.78 is 17.7. The van der Waals surface area contributed by atoms with Crippen molar-refractivity contribution in [2.45, 2.75) is 27.1 Å². The molecule has 0 unspecified atom stereocenters. The summed E-state index contributed by atoms with van der Waals surface area (Å²) >= 11 is 15.7. The second kappa shape index (κ2) is 12.8. The first-order valence-electron chi connectivity index (χ1n) is 10.6. The van der Waals surface area contributed by atoms with Gasteiger partial charge in [0.05, 0.1) is 33.9 Å². The van der Waals surface area contributed by atoms with Gasteiger partial charge in [0.25, 0.3) is 0 Å². The van der Waals surface area contributed by atoms with Crippen LogP contribution in [0.25, 0.3) is 0 Å². The van der Waals surface area contributed by atoms with Gasteiger partial charge in [-0.15, -0.1) is 0 Å². The number of anilines is 1. The molecule has 1 heterocycles. The zero-order chi connectivity index (χ0) is 25.4. The van der Waals surface area contributed by atoms with E-state index < -0.39 is 0 Å². The Morgan fingerprint density at radius 3 is 2.63 bits per heavy atom. The predicted octanol–water partition coefficient (Wildman–Crippen LogP) is 6.90. The third-order valence-electron chi connectivity index (χ3n) is 4.72. The maximum atomic E-state index is 9.57. The van der Waals surface area contributed by atoms with E-state index in [2.05, 4.69) is 37.5 Å². The molecular formula is C25H23BrCl2N4O3. The maximum absolute atomic E-state index is 9.57. The van der Waals surface area contributed by atoms with E-state index in [9.17, 15) is 5.26 Å². The normalized spacial score (nSPS) is 10.9. The van der Waals surface area contributed by atoms with Crippen LogP contribution in [0.1, 0.15) is 34.9 Å². The second-order valence-corrected chi connectivity index (χ2v) is 9.03. The van der Waals surface area contributed by atoms with Crippen LogP contribution < -0.4 is 14.9 Å². The summed E-state index contributed by atoms with van der Waals surface area (Å²) in [4.78, 5) is 4.39. The monoisotopic (exact) mass is 576 g/mol. The quantitative estimate of drug-likeness (QED) is 0.208. The molecule has 0 fully saturated rings. The molecule has 0 saturated carbocycles. The van der Waals surface area contributed by atoms with E-state index in [4.69, 9.17) is 37.4 Å². The number of nitrogens with one attached hydrogen (secondary N) is 1. The van der Waals surface area contributed by atoms with Crippen LogP contribution >= 0.6 is 39.1 Å². The van der Waals surface area contributed by atoms with Crippen LogP contribution in [-0.2, 0) is 18.0 Å². The number of aromatic nitrogens is 1. The smallest absolute Gasteiger partial charge is 0.175 e. The molecule has 0 aliphatic rings. The van der Waals surface area contributed by atoms with Crippen LogP contribution in [0.5, 0.6) is 11.5 Å². The summed E-state index contributed by atoms with van der Waals surface area (Å²) in [7, 11) is 1.58. The molecule has 0 bridgehead atoms. The summed E-state index contributed by atoms with van der Waals surface area (Å²) in [6.07, 6.45) is 1.61. The van der Waals surface area contributed by atoms with Crippen molar-refractivity contribution in [3.05, 3.63) is 78.9 Å². The van der Waals surface area contributed by atoms with E-state index in [1.165, 1.54) is 0 Å². The van der Waals surface area contributed by atoms with Crippen molar-refractivity contribution in [3.8, 4) is 17.6 Å². The van der Waals surface area contributed by atoms with Crippen molar-refractivity contribution in [2.75, 3.05) is 19.1 Å². The number of pyridine rings is 1. The van der Waals surface area contributed by atoms with Crippen molar-refractivity contribution >= 4 is 51.2 Å². The molecule has 35 heavy (non-hydrogen) atoms. The van der Waals surface area contributed by atoms with Crippen LogP contribution in [0.2, 0.25) is 10.0 Å². The molecule has 3 rings (SSSR count). The first-order chi connectivity index (χ1) is 16.9. The predicted molar refractivity (Wildman–Crippen MR) is 142 cm³/mol. The number of methoxy groups -OCH3 is 1. The van der Waals surface area contributed by atoms with E-state index in [-0.39, 0.29) is 6.61 Å². The Labute approximate surface area is 222 Å². The Bertz CT molecular complexity index is 1280. The highest BCUT2D eigenvalue weighted by Crippen LogP contribution is 2.37. The highest BCUT2D eigenvalue weighted by Gasteiger charge is 2.14. The van der Waals surface area contributed by atoms with Gasteiger partial charge in [-0.1, -0.05) is 29.3 Å². The molecule has 0 amide bonds. The SMILES string of the molecule is CCOc1cc(/C=N/Nc2nc(C)cc(COC)c2C#N)cc(Br)c1OCc1ccc(Cl)c(Cl)c1. The number of hydrogen-bond acceptors (Lipinski definition) is 7. The fraction of sp³-hybridized carbons (Fsp3) is 0.240. The highest BCUT2D eigenvalue weighted by atomic mass is 79.9. The first-order valence-corrected chi connectivity index (χ1v) is 12.1. The number of hydrogen-bond donors (Lipinski definition) is 1. The molecular weight excluding hydrogens is 555 g/mol. The fourth-order valence-electron chi connectivity index (χ4n) is 3.23. The van der Waals surface area contributed by atoms with E-state index >= 15 is 0 Å². The number of hydrazone groups is 1. The number of nitriles is 1. The van der Waals surface area contributed by atoms with Crippen LogP contribution in [0.3, 0.4) is 0 Å². The summed E-state index contributed by atoms with van der Waals surface area (Å²) in [5, 5.41) is 14.8. The van der Waals surface area contributed by atoms with Gasteiger partial charge in [0, 0.05) is 18.4 Å². The Kier molecular flexibility index (Phi) is 9.75. The lowest BCUT2D eigenvalue weighted by atomic mass is 10.1. The van der Waals surface area contributed by atoms with Crippen molar-refractivity contribution < 1.29 is 14.2 Å². The third kappa shape index (κ3) is 7.09. The van der Waals surface area contributed by atoms with Crippen molar-refractivity contribution in [1.82, 2.24) is 4.98 Å². The Morgan fingerprint density at radius 2 is 1.94 bits per heavy atom. The number of benzene rings is 2. The number of rotatable bonds is 10. The summed E-state index contributed by atoms with van der Waals surface area (Å²) in [6, 6.07) is 13.0. The molecule has 3 aromatic rings. The molecule has 0 radical (unpaired) electrons. The van der Waals surface area contributed by atoms with Crippen LogP contribution in [0, 0.1) is 18.3 Å². The molecule has 10 heteroatoms. The zero-order valence-electron chi connectivity index (χ0n) is 19.4. The van der Waals surface area contributed by atoms with Gasteiger partial charge < -0.3 is 14.2 Å². The molecule has 0 atom stereocenters. The molecule has 0 aliphatic heterocycles. The van der Waals surface area contributed by atoms with Crippen molar-refractivity contribution in [3.63, 3.8) is 0 Å². The number of ether oxygens (including phenoxy) is 3. The minimum Gasteiger partial charge on any atom is -0.490 e. The molecule has 182 valence electrons. The number of aryl methyl sites for hydroxylation is 1. The minimum absolute atomic E-state index is 0.282. The Morgan fingerprint density at radius 1 is 1.14 bits per heavy atom. The van der Waals surface area contributed by atoms with Gasteiger partial charge in [0.1, 0.15) is 18.2 Å². The molecule has 0 aliphatic carbocycles. The molecule has 0 spiro atoms. The highest BCUT2D eigenvalue weighted by molar-refractivity contribution is 9.10. The number of nitrogens with zero attached hydrogens (tertiary/aromatic N) is 3. The lowest BCUT2D eigenvalue weighted by Gasteiger charge is -2.15. The van der Waals surface area contributed by atoms with Gasteiger partial charge in [0.15, 0.2) is 17.3 Å². The molecule has 2 aromatic carbocycles. The van der Waals surface area contributed by atoms with E-state index in [1.54, 1.807) is 25.5 Å². The average Bonchev–Trinajstić information content (AvgIpc) is 2.81. The fourth-order valence-corrected chi connectivity index (χ4v) is 4.13. The van der Waals surface area contributed by atoms with Gasteiger partial charge in [-0.2, -0.15) is 10.4 Å². The van der Waals surface area contributed by atoms with Crippen LogP contribution in [-0.4, -0.2) is 24.9 Å². The molecule has 0 saturated heterocycles. The lowest BCUT2D eigenvalue weighted by molar-refractivity contribution is 0.184. The summed E-state index contributed by atoms with van der Waals surface area (Å²) in [6.45, 7) is 4.78. The van der Waals surface area contributed by atoms with Gasteiger partial charge in [-0.05, 0) is 71.2 Å². The molecule has 1 N–H and O–H groups in total. The van der Waals surface area contributed by atoms with Crippen molar-refractivity contribution in [2.24, 2.45) is 5.10 Å². The van der Waals surface area contributed by atoms with Gasteiger partial charge in [-0.25, -0.2) is 4.98 Å². The van der Waals surface area contributed by atoms with Crippen LogP contribution in [0.15, 0.2) is 46.0 Å². The Balaban J connectivity index is 1.81. The minimum atomic E-state index is 0.282. The maximum Gasteiger partial charge on any atom is 0.175 e. The topological polar surface area (TPSA) is 88.8 Å². The van der Waals surface area contributed by atoms with E-state index in [0.29, 0.717) is 50.6 Å².